The van der Waals surface area contributed by atoms with E-state index in [0.717, 1.165) is 0 Å². The summed E-state index contributed by atoms with van der Waals surface area (Å²) in [6, 6.07) is 6.81. The lowest BCUT2D eigenvalue weighted by molar-refractivity contribution is 0.0768. The van der Waals surface area contributed by atoms with Crippen LogP contribution in [0.4, 0.5) is 5.69 Å². The molecule has 0 heterocycles. The Kier molecular flexibility index (Phi) is 4.80. The highest BCUT2D eigenvalue weighted by molar-refractivity contribution is 6.34. The van der Waals surface area contributed by atoms with E-state index in [2.05, 4.69) is 0 Å². The van der Waals surface area contributed by atoms with Crippen molar-refractivity contribution in [3.63, 3.8) is 0 Å². The molecule has 0 saturated carbocycles. The third-order valence-corrected chi connectivity index (χ3v) is 2.70. The Labute approximate surface area is 106 Å². The molecule has 0 aliphatic heterocycles. The lowest BCUT2D eigenvalue weighted by Crippen LogP contribution is -2.31. The third-order valence-electron chi connectivity index (χ3n) is 2.39. The van der Waals surface area contributed by atoms with Crippen LogP contribution < -0.4 is 5.73 Å². The molecule has 0 bridgehead atoms. The third kappa shape index (κ3) is 3.36. The first-order valence-electron chi connectivity index (χ1n) is 5.31. The first kappa shape index (κ1) is 13.3. The number of anilines is 1. The zero-order chi connectivity index (χ0) is 12.8. The van der Waals surface area contributed by atoms with Gasteiger partial charge >= 0.3 is 0 Å². The summed E-state index contributed by atoms with van der Waals surface area (Å²) >= 11 is 5.97. The molecule has 0 unspecified atom stereocenters. The largest absolute Gasteiger partial charge is 0.399 e. The van der Waals surface area contributed by atoms with Crippen molar-refractivity contribution in [3.05, 3.63) is 28.8 Å². The smallest absolute Gasteiger partial charge is 0.255 e. The molecule has 0 atom stereocenters. The van der Waals surface area contributed by atoms with Crippen molar-refractivity contribution in [1.29, 1.82) is 5.26 Å². The molecule has 0 aliphatic rings. The summed E-state index contributed by atoms with van der Waals surface area (Å²) in [5.41, 5.74) is 6.50. The number of halogens is 1. The van der Waals surface area contributed by atoms with Crippen LogP contribution in [0.25, 0.3) is 0 Å². The predicted octanol–water partition coefficient (Wildman–Crippen LogP) is 2.30. The van der Waals surface area contributed by atoms with E-state index in [1.54, 1.807) is 23.1 Å². The number of hydrogen-bond acceptors (Lipinski definition) is 3. The van der Waals surface area contributed by atoms with Crippen molar-refractivity contribution < 1.29 is 4.79 Å². The van der Waals surface area contributed by atoms with Crippen LogP contribution in [0.5, 0.6) is 0 Å². The molecule has 1 amide bonds. The van der Waals surface area contributed by atoms with E-state index in [1.807, 2.05) is 13.0 Å². The molecular formula is C12H14ClN3O. The maximum Gasteiger partial charge on any atom is 0.255 e. The summed E-state index contributed by atoms with van der Waals surface area (Å²) in [7, 11) is 0. The maximum absolute atomic E-state index is 12.1. The molecule has 4 nitrogen and oxygen atoms in total. The topological polar surface area (TPSA) is 70.1 Å². The quantitative estimate of drug-likeness (QED) is 0.835. The van der Waals surface area contributed by atoms with Crippen LogP contribution in [0.15, 0.2) is 18.2 Å². The van der Waals surface area contributed by atoms with E-state index in [0.29, 0.717) is 35.8 Å². The van der Waals surface area contributed by atoms with Crippen LogP contribution >= 0.6 is 11.6 Å². The monoisotopic (exact) mass is 251 g/mol. The number of benzene rings is 1. The fourth-order valence-corrected chi connectivity index (χ4v) is 1.73. The van der Waals surface area contributed by atoms with Crippen LogP contribution in [0.1, 0.15) is 23.7 Å². The minimum atomic E-state index is -0.173. The van der Waals surface area contributed by atoms with Crippen LogP contribution in [0.3, 0.4) is 0 Å². The lowest BCUT2D eigenvalue weighted by atomic mass is 10.1. The van der Waals surface area contributed by atoms with Gasteiger partial charge in [-0.25, -0.2) is 0 Å². The summed E-state index contributed by atoms with van der Waals surface area (Å²) < 4.78 is 0. The van der Waals surface area contributed by atoms with Gasteiger partial charge in [0.1, 0.15) is 0 Å². The van der Waals surface area contributed by atoms with E-state index in [-0.39, 0.29) is 5.91 Å². The number of nitrogens with zero attached hydrogens (tertiary/aromatic N) is 2. The number of carbonyl (C=O) groups is 1. The second kappa shape index (κ2) is 6.12. The minimum Gasteiger partial charge on any atom is -0.399 e. The average Bonchev–Trinajstić information content (AvgIpc) is 2.29. The number of rotatable bonds is 4. The number of carbonyl (C=O) groups excluding carboxylic acids is 1. The first-order chi connectivity index (χ1) is 8.10. The van der Waals surface area contributed by atoms with Crippen LogP contribution in [0.2, 0.25) is 5.02 Å². The zero-order valence-corrected chi connectivity index (χ0v) is 10.4. The summed E-state index contributed by atoms with van der Waals surface area (Å²) in [6.07, 6.45) is 0.312. The highest BCUT2D eigenvalue weighted by atomic mass is 35.5. The molecule has 0 spiro atoms. The average molecular weight is 252 g/mol. The molecule has 0 fully saturated rings. The summed E-state index contributed by atoms with van der Waals surface area (Å²) in [4.78, 5) is 13.7. The van der Waals surface area contributed by atoms with E-state index in [1.165, 1.54) is 0 Å². The molecule has 2 N–H and O–H groups in total. The predicted molar refractivity (Wildman–Crippen MR) is 67.7 cm³/mol. The van der Waals surface area contributed by atoms with Gasteiger partial charge in [0.15, 0.2) is 0 Å². The van der Waals surface area contributed by atoms with Gasteiger partial charge in [-0.15, -0.1) is 0 Å². The van der Waals surface area contributed by atoms with Crippen molar-refractivity contribution in [2.24, 2.45) is 0 Å². The molecule has 5 heteroatoms. The van der Waals surface area contributed by atoms with Gasteiger partial charge in [0.2, 0.25) is 0 Å². The summed E-state index contributed by atoms with van der Waals surface area (Å²) in [5, 5.41) is 8.86. The van der Waals surface area contributed by atoms with Gasteiger partial charge in [-0.3, -0.25) is 4.79 Å². The second-order valence-corrected chi connectivity index (χ2v) is 3.94. The van der Waals surface area contributed by atoms with E-state index >= 15 is 0 Å². The Morgan fingerprint density at radius 1 is 1.59 bits per heavy atom. The fourth-order valence-electron chi connectivity index (χ4n) is 1.46. The number of nitriles is 1. The molecular weight excluding hydrogens is 238 g/mol. The van der Waals surface area contributed by atoms with Gasteiger partial charge in [0.25, 0.3) is 5.91 Å². The standard InChI is InChI=1S/C12H14ClN3O/c1-2-16(7-3-6-14)12(17)10-5-4-9(15)8-11(10)13/h4-5,8H,2-3,7,15H2,1H3. The molecule has 0 saturated heterocycles. The minimum absolute atomic E-state index is 0.173. The van der Waals surface area contributed by atoms with Crippen molar-refractivity contribution in [2.45, 2.75) is 13.3 Å². The van der Waals surface area contributed by atoms with E-state index in [4.69, 9.17) is 22.6 Å². The summed E-state index contributed by atoms with van der Waals surface area (Å²) in [6.45, 7) is 2.81. The van der Waals surface area contributed by atoms with Crippen LogP contribution in [-0.4, -0.2) is 23.9 Å². The number of nitrogen functional groups attached to an aromatic ring is 1. The SMILES string of the molecule is CCN(CCC#N)C(=O)c1ccc(N)cc1Cl. The molecule has 1 rings (SSSR count). The summed E-state index contributed by atoms with van der Waals surface area (Å²) in [5.74, 6) is -0.173. The van der Waals surface area contributed by atoms with Gasteiger partial charge in [-0.1, -0.05) is 11.6 Å². The van der Waals surface area contributed by atoms with Crippen molar-refractivity contribution in [3.8, 4) is 6.07 Å². The maximum atomic E-state index is 12.1. The van der Waals surface area contributed by atoms with Gasteiger partial charge in [0, 0.05) is 18.8 Å². The van der Waals surface area contributed by atoms with Crippen molar-refractivity contribution >= 4 is 23.2 Å². The van der Waals surface area contributed by atoms with Gasteiger partial charge in [0.05, 0.1) is 23.1 Å². The Bertz CT molecular complexity index is 454. The fraction of sp³-hybridized carbons (Fsp3) is 0.333. The van der Waals surface area contributed by atoms with Gasteiger partial charge < -0.3 is 10.6 Å². The Morgan fingerprint density at radius 3 is 2.82 bits per heavy atom. The van der Waals surface area contributed by atoms with Crippen LogP contribution in [0, 0.1) is 11.3 Å². The first-order valence-corrected chi connectivity index (χ1v) is 5.69. The highest BCUT2D eigenvalue weighted by Gasteiger charge is 2.16. The van der Waals surface area contributed by atoms with Crippen molar-refractivity contribution in [1.82, 2.24) is 4.90 Å². The molecule has 0 aliphatic carbocycles. The second-order valence-electron chi connectivity index (χ2n) is 3.53. The molecule has 90 valence electrons. The number of nitrogens with two attached hydrogens (primary N) is 1. The Morgan fingerprint density at radius 2 is 2.29 bits per heavy atom. The molecule has 0 aromatic heterocycles. The number of amides is 1. The zero-order valence-electron chi connectivity index (χ0n) is 9.61. The van der Waals surface area contributed by atoms with E-state index < -0.39 is 0 Å². The highest BCUT2D eigenvalue weighted by Crippen LogP contribution is 2.20. The van der Waals surface area contributed by atoms with Gasteiger partial charge in [-0.2, -0.15) is 5.26 Å². The Hall–Kier alpha value is -1.73. The van der Waals surface area contributed by atoms with Crippen molar-refractivity contribution in [2.75, 3.05) is 18.8 Å². The normalized spacial score (nSPS) is 9.71. The Balaban J connectivity index is 2.90. The van der Waals surface area contributed by atoms with Crippen LogP contribution in [-0.2, 0) is 0 Å². The lowest BCUT2D eigenvalue weighted by Gasteiger charge is -2.20. The number of hydrogen-bond donors (Lipinski definition) is 1. The van der Waals surface area contributed by atoms with E-state index in [9.17, 15) is 4.79 Å². The van der Waals surface area contributed by atoms with Gasteiger partial charge in [-0.05, 0) is 25.1 Å². The molecule has 17 heavy (non-hydrogen) atoms. The molecule has 0 radical (unpaired) electrons. The molecule has 1 aromatic rings. The molecule has 1 aromatic carbocycles.